The summed E-state index contributed by atoms with van der Waals surface area (Å²) >= 11 is 0. The number of nitrogens with two attached hydrogens (primary N) is 1. The Morgan fingerprint density at radius 3 is 1.23 bits per heavy atom. The van der Waals surface area contributed by atoms with Crippen LogP contribution in [-0.4, -0.2) is 19.2 Å². The van der Waals surface area contributed by atoms with Crippen LogP contribution in [0.25, 0.3) is 0 Å². The second kappa shape index (κ2) is 10.0. The minimum absolute atomic E-state index is 0.417. The Hall–Kier alpha value is -0.0800. The molecule has 0 unspecified atom stereocenters. The van der Waals surface area contributed by atoms with E-state index in [0.717, 1.165) is 11.8 Å². The molecule has 0 bridgehead atoms. The third-order valence-corrected chi connectivity index (χ3v) is 1.28. The fourth-order valence-electron chi connectivity index (χ4n) is 0.763. The van der Waals surface area contributed by atoms with E-state index in [-0.39, 0.29) is 0 Å². The van der Waals surface area contributed by atoms with Crippen LogP contribution in [0.2, 0.25) is 0 Å². The van der Waals surface area contributed by atoms with E-state index in [1.807, 2.05) is 0 Å². The van der Waals surface area contributed by atoms with E-state index in [0.29, 0.717) is 0 Å². The van der Waals surface area contributed by atoms with Crippen molar-refractivity contribution in [3.8, 4) is 0 Å². The lowest BCUT2D eigenvalue weighted by molar-refractivity contribution is -0.664. The molecule has 82 valence electrons. The minimum atomic E-state index is -0.417. The highest BCUT2D eigenvalue weighted by molar-refractivity contribution is 4.37. The molecule has 0 spiro atoms. The largest absolute Gasteiger partial charge is 0.852 e. The first-order valence-electron chi connectivity index (χ1n) is 5.33. The van der Waals surface area contributed by atoms with Gasteiger partial charge in [0.05, 0.1) is 13.1 Å². The van der Waals surface area contributed by atoms with Crippen LogP contribution < -0.4 is 10.4 Å². The van der Waals surface area contributed by atoms with Gasteiger partial charge in [0.15, 0.2) is 0 Å². The normalized spacial score (nSPS) is 10.6. The summed E-state index contributed by atoms with van der Waals surface area (Å²) in [7, 11) is 0. The molecule has 2 nitrogen and oxygen atoms in total. The first-order valence-corrected chi connectivity index (χ1v) is 5.33. The second-order valence-corrected chi connectivity index (χ2v) is 4.60. The quantitative estimate of drug-likeness (QED) is 0.692. The average Bonchev–Trinajstić information content (AvgIpc) is 1.83. The summed E-state index contributed by atoms with van der Waals surface area (Å²) in [6.07, 6.45) is -0.417. The molecule has 0 amide bonds. The van der Waals surface area contributed by atoms with Crippen LogP contribution in [-0.2, 0) is 0 Å². The summed E-state index contributed by atoms with van der Waals surface area (Å²) in [5.41, 5.74) is 0. The molecule has 2 N–H and O–H groups in total. The summed E-state index contributed by atoms with van der Waals surface area (Å²) in [6, 6.07) is 0. The highest BCUT2D eigenvalue weighted by Gasteiger charge is 1.97. The van der Waals surface area contributed by atoms with Gasteiger partial charge in [0.1, 0.15) is 0 Å². The SMILES string of the molecule is CC(C)C[NH2+]CC(C)C.CC(C)[O-]. The van der Waals surface area contributed by atoms with Gasteiger partial charge < -0.3 is 10.4 Å². The van der Waals surface area contributed by atoms with Crippen molar-refractivity contribution in [3.05, 3.63) is 0 Å². The van der Waals surface area contributed by atoms with Gasteiger partial charge in [-0.05, 0) is 0 Å². The summed E-state index contributed by atoms with van der Waals surface area (Å²) in [5.74, 6) is 1.67. The van der Waals surface area contributed by atoms with Crippen LogP contribution in [0.4, 0.5) is 0 Å². The second-order valence-electron chi connectivity index (χ2n) is 4.60. The third-order valence-electron chi connectivity index (χ3n) is 1.28. The van der Waals surface area contributed by atoms with Crippen LogP contribution in [0.3, 0.4) is 0 Å². The van der Waals surface area contributed by atoms with E-state index in [2.05, 4.69) is 33.0 Å². The standard InChI is InChI=1S/C8H19N.C3H7O/c1-7(2)5-9-6-8(3)4;1-3(2)4/h7-9H,5-6H2,1-4H3;3H,1-2H3/q;-1/p+1. The molecule has 0 rings (SSSR count). The smallest absolute Gasteiger partial charge is 0.0778 e. The molecule has 0 atom stereocenters. The highest BCUT2D eigenvalue weighted by atomic mass is 16.3. The van der Waals surface area contributed by atoms with Crippen LogP contribution in [0, 0.1) is 11.8 Å². The Labute approximate surface area is 83.7 Å². The molecule has 0 saturated carbocycles. The fraction of sp³-hybridized carbons (Fsp3) is 1.00. The Morgan fingerprint density at radius 2 is 1.08 bits per heavy atom. The monoisotopic (exact) mass is 189 g/mol. The van der Waals surface area contributed by atoms with Gasteiger partial charge in [-0.2, -0.15) is 0 Å². The van der Waals surface area contributed by atoms with Crippen molar-refractivity contribution >= 4 is 0 Å². The molecule has 0 aliphatic rings. The van der Waals surface area contributed by atoms with Gasteiger partial charge in [-0.1, -0.05) is 41.5 Å². The van der Waals surface area contributed by atoms with Crippen LogP contribution >= 0.6 is 0 Å². The first-order chi connectivity index (χ1) is 5.86. The molecule has 2 heteroatoms. The Morgan fingerprint density at radius 1 is 0.846 bits per heavy atom. The van der Waals surface area contributed by atoms with Crippen LogP contribution in [0.1, 0.15) is 41.5 Å². The molecular weight excluding hydrogens is 162 g/mol. The summed E-state index contributed by atoms with van der Waals surface area (Å²) in [6.45, 7) is 14.8. The zero-order valence-corrected chi connectivity index (χ0v) is 10.1. The molecule has 0 aliphatic carbocycles. The molecule has 0 radical (unpaired) electrons. The topological polar surface area (TPSA) is 39.7 Å². The van der Waals surface area contributed by atoms with E-state index in [4.69, 9.17) is 0 Å². The average molecular weight is 189 g/mol. The number of quaternary nitrogens is 1. The van der Waals surface area contributed by atoms with Crippen molar-refractivity contribution in [1.29, 1.82) is 0 Å². The van der Waals surface area contributed by atoms with Gasteiger partial charge in [0, 0.05) is 11.8 Å². The minimum Gasteiger partial charge on any atom is -0.852 e. The number of rotatable bonds is 4. The van der Waals surface area contributed by atoms with E-state index in [1.54, 1.807) is 13.8 Å². The highest BCUT2D eigenvalue weighted by Crippen LogP contribution is 1.85. The maximum Gasteiger partial charge on any atom is 0.0778 e. The zero-order chi connectivity index (χ0) is 10.9. The van der Waals surface area contributed by atoms with Crippen molar-refractivity contribution in [2.24, 2.45) is 11.8 Å². The van der Waals surface area contributed by atoms with E-state index < -0.39 is 6.10 Å². The van der Waals surface area contributed by atoms with Crippen molar-refractivity contribution < 1.29 is 10.4 Å². The van der Waals surface area contributed by atoms with Crippen molar-refractivity contribution in [2.45, 2.75) is 47.6 Å². The molecule has 0 heterocycles. The van der Waals surface area contributed by atoms with Crippen molar-refractivity contribution in [2.75, 3.05) is 13.1 Å². The van der Waals surface area contributed by atoms with Crippen molar-refractivity contribution in [3.63, 3.8) is 0 Å². The van der Waals surface area contributed by atoms with E-state index >= 15 is 0 Å². The van der Waals surface area contributed by atoms with Gasteiger partial charge >= 0.3 is 0 Å². The molecule has 0 aromatic carbocycles. The van der Waals surface area contributed by atoms with Crippen LogP contribution in [0.5, 0.6) is 0 Å². The van der Waals surface area contributed by atoms with E-state index in [1.165, 1.54) is 13.1 Å². The zero-order valence-electron chi connectivity index (χ0n) is 10.1. The first kappa shape index (κ1) is 15.4. The van der Waals surface area contributed by atoms with E-state index in [9.17, 15) is 5.11 Å². The van der Waals surface area contributed by atoms with Crippen molar-refractivity contribution in [1.82, 2.24) is 0 Å². The number of hydrogen-bond acceptors (Lipinski definition) is 1. The molecule has 13 heavy (non-hydrogen) atoms. The molecular formula is C11H27NO. The molecule has 0 fully saturated rings. The van der Waals surface area contributed by atoms with Gasteiger partial charge in [-0.15, -0.1) is 6.10 Å². The summed E-state index contributed by atoms with van der Waals surface area (Å²) < 4.78 is 0. The van der Waals surface area contributed by atoms with Gasteiger partial charge in [-0.3, -0.25) is 0 Å². The molecule has 0 aromatic heterocycles. The summed E-state index contributed by atoms with van der Waals surface area (Å²) in [4.78, 5) is 0. The maximum absolute atomic E-state index is 9.53. The summed E-state index contributed by atoms with van der Waals surface area (Å²) in [5, 5.41) is 11.9. The maximum atomic E-state index is 9.53. The predicted molar refractivity (Wildman–Crippen MR) is 56.5 cm³/mol. The Kier molecular flexibility index (Phi) is 11.8. The Balaban J connectivity index is 0. The fourth-order valence-corrected chi connectivity index (χ4v) is 0.763. The predicted octanol–water partition coefficient (Wildman–Crippen LogP) is 0.617. The van der Waals surface area contributed by atoms with Crippen LogP contribution in [0.15, 0.2) is 0 Å². The van der Waals surface area contributed by atoms with Gasteiger partial charge in [0.2, 0.25) is 0 Å². The Bertz CT molecular complexity index is 79.3. The van der Waals surface area contributed by atoms with Gasteiger partial charge in [-0.25, -0.2) is 0 Å². The third kappa shape index (κ3) is 33.5. The lowest BCUT2D eigenvalue weighted by Gasteiger charge is -2.05. The number of hydrogen-bond donors (Lipinski definition) is 1. The lowest BCUT2D eigenvalue weighted by atomic mass is 10.2. The molecule has 0 aromatic rings. The lowest BCUT2D eigenvalue weighted by Crippen LogP contribution is -2.86. The molecule has 0 saturated heterocycles. The van der Waals surface area contributed by atoms with Gasteiger partial charge in [0.25, 0.3) is 0 Å². The molecule has 0 aliphatic heterocycles.